The SMILES string of the molecule is C=Cc1ccc(C2(c3ccc(F)c(F)c3)c3ccccc3-c3ccc(N(c4ccc5c(c4)C(c4ccc(C=C)cc4)(c4ccc(F)c(F)c4)c4ccccc4-5)c4ccc5c(c4)oc4ccccc45)cc32)cc1. The molecule has 11 aromatic rings. The van der Waals surface area contributed by atoms with E-state index >= 15 is 17.6 Å². The summed E-state index contributed by atoms with van der Waals surface area (Å²) in [4.78, 5) is 2.19. The molecule has 2 aliphatic carbocycles. The highest BCUT2D eigenvalue weighted by Gasteiger charge is 2.49. The molecular formula is C66H41F4NO. The molecule has 0 radical (unpaired) electrons. The van der Waals surface area contributed by atoms with Gasteiger partial charge in [-0.25, -0.2) is 17.6 Å². The van der Waals surface area contributed by atoms with Crippen LogP contribution in [-0.2, 0) is 10.8 Å². The van der Waals surface area contributed by atoms with Gasteiger partial charge >= 0.3 is 0 Å². The van der Waals surface area contributed by atoms with Crippen molar-refractivity contribution in [1.29, 1.82) is 0 Å². The van der Waals surface area contributed by atoms with E-state index in [0.29, 0.717) is 16.7 Å². The molecule has 1 aromatic heterocycles. The molecule has 13 rings (SSSR count). The van der Waals surface area contributed by atoms with Crippen LogP contribution in [0.3, 0.4) is 0 Å². The second-order valence-electron chi connectivity index (χ2n) is 18.6. The van der Waals surface area contributed by atoms with Crippen molar-refractivity contribution in [3.8, 4) is 22.3 Å². The highest BCUT2D eigenvalue weighted by atomic mass is 19.2. The van der Waals surface area contributed by atoms with Crippen LogP contribution in [0.2, 0.25) is 0 Å². The lowest BCUT2D eigenvalue weighted by Gasteiger charge is -2.36. The van der Waals surface area contributed by atoms with E-state index in [1.807, 2.05) is 103 Å². The van der Waals surface area contributed by atoms with Gasteiger partial charge in [0.05, 0.1) is 10.8 Å². The molecule has 0 saturated heterocycles. The lowest BCUT2D eigenvalue weighted by Crippen LogP contribution is -2.29. The van der Waals surface area contributed by atoms with Crippen molar-refractivity contribution in [3.05, 3.63) is 304 Å². The van der Waals surface area contributed by atoms with Crippen molar-refractivity contribution in [1.82, 2.24) is 0 Å². The van der Waals surface area contributed by atoms with E-state index in [2.05, 4.69) is 90.9 Å². The fraction of sp³-hybridized carbons (Fsp3) is 0.0303. The fourth-order valence-electron chi connectivity index (χ4n) is 11.9. The van der Waals surface area contributed by atoms with Crippen LogP contribution >= 0.6 is 0 Å². The quantitative estimate of drug-likeness (QED) is 0.134. The summed E-state index contributed by atoms with van der Waals surface area (Å²) in [5, 5.41) is 1.96. The predicted octanol–water partition coefficient (Wildman–Crippen LogP) is 17.6. The summed E-state index contributed by atoms with van der Waals surface area (Å²) >= 11 is 0. The van der Waals surface area contributed by atoms with Gasteiger partial charge in [0, 0.05) is 33.9 Å². The lowest BCUT2D eigenvalue weighted by atomic mass is 9.67. The van der Waals surface area contributed by atoms with Gasteiger partial charge in [-0.2, -0.15) is 0 Å². The molecule has 0 saturated carbocycles. The molecule has 2 nitrogen and oxygen atoms in total. The average Bonchev–Trinajstić information content (AvgIpc) is 4.05. The monoisotopic (exact) mass is 939 g/mol. The Morgan fingerprint density at radius 1 is 0.347 bits per heavy atom. The standard InChI is InChI=1S/C66H41F4NO/c1-3-40-17-21-42(22-18-40)65(44-25-33-59(67)61(69)35-44)55-14-8-5-11-49(55)51-30-27-46(37-57(51)65)71(48-29-32-54-53-13-7-10-16-63(53)72-64(54)39-48)47-28-31-52-50-12-6-9-15-56(50)66(58(52)38-47,43-23-19-41(4-2)20-24-43)45-26-34-60(68)62(70)36-45/h3-39H,1-2H2. The smallest absolute Gasteiger partial charge is 0.159 e. The minimum atomic E-state index is -1.09. The summed E-state index contributed by atoms with van der Waals surface area (Å²) in [6.45, 7) is 8.00. The van der Waals surface area contributed by atoms with Gasteiger partial charge in [-0.3, -0.25) is 0 Å². The van der Waals surface area contributed by atoms with Crippen molar-refractivity contribution < 1.29 is 22.0 Å². The molecule has 2 atom stereocenters. The third-order valence-corrected chi connectivity index (χ3v) is 15.1. The van der Waals surface area contributed by atoms with Gasteiger partial charge in [-0.1, -0.05) is 165 Å². The van der Waals surface area contributed by atoms with Crippen LogP contribution in [0.15, 0.2) is 230 Å². The van der Waals surface area contributed by atoms with E-state index in [1.165, 1.54) is 24.3 Å². The van der Waals surface area contributed by atoms with Gasteiger partial charge in [0.25, 0.3) is 0 Å². The number of nitrogens with zero attached hydrogens (tertiary/aromatic N) is 1. The van der Waals surface area contributed by atoms with Crippen molar-refractivity contribution in [2.75, 3.05) is 4.90 Å². The summed E-state index contributed by atoms with van der Waals surface area (Å²) in [6.07, 6.45) is 3.57. The van der Waals surface area contributed by atoms with Crippen LogP contribution in [0, 0.1) is 23.3 Å². The molecule has 72 heavy (non-hydrogen) atoms. The van der Waals surface area contributed by atoms with E-state index in [4.69, 9.17) is 4.42 Å². The number of halogens is 4. The second kappa shape index (κ2) is 16.3. The number of hydrogen-bond donors (Lipinski definition) is 0. The second-order valence-corrected chi connectivity index (χ2v) is 18.6. The van der Waals surface area contributed by atoms with Crippen LogP contribution in [-0.4, -0.2) is 0 Å². The Morgan fingerprint density at radius 3 is 1.26 bits per heavy atom. The van der Waals surface area contributed by atoms with Crippen molar-refractivity contribution in [2.45, 2.75) is 10.8 Å². The highest BCUT2D eigenvalue weighted by molar-refractivity contribution is 6.06. The Labute approximate surface area is 413 Å². The summed E-state index contributed by atoms with van der Waals surface area (Å²) in [6, 6.07) is 67.8. The number of benzene rings is 10. The summed E-state index contributed by atoms with van der Waals surface area (Å²) in [5.74, 6) is -3.75. The normalized spacial score (nSPS) is 16.3. The van der Waals surface area contributed by atoms with Crippen LogP contribution in [0.25, 0.3) is 56.3 Å². The number of para-hydroxylation sites is 1. The summed E-state index contributed by atoms with van der Waals surface area (Å²) in [7, 11) is 0. The Kier molecular flexibility index (Phi) is 9.74. The van der Waals surface area contributed by atoms with Crippen LogP contribution < -0.4 is 4.90 Å². The number of furan rings is 1. The maximum atomic E-state index is 15.8. The molecule has 0 fully saturated rings. The molecule has 1 heterocycles. The highest BCUT2D eigenvalue weighted by Crippen LogP contribution is 2.60. The van der Waals surface area contributed by atoms with Gasteiger partial charge < -0.3 is 9.32 Å². The Hall–Kier alpha value is -9.00. The Morgan fingerprint density at radius 2 is 0.764 bits per heavy atom. The molecule has 0 N–H and O–H groups in total. The fourth-order valence-corrected chi connectivity index (χ4v) is 11.9. The topological polar surface area (TPSA) is 16.4 Å². The largest absolute Gasteiger partial charge is 0.456 e. The molecular weight excluding hydrogens is 899 g/mol. The Bertz CT molecular complexity index is 3830. The van der Waals surface area contributed by atoms with Crippen molar-refractivity contribution in [2.24, 2.45) is 0 Å². The molecule has 0 aliphatic heterocycles. The average molecular weight is 940 g/mol. The van der Waals surface area contributed by atoms with Crippen LogP contribution in [0.5, 0.6) is 0 Å². The van der Waals surface area contributed by atoms with Gasteiger partial charge in [0.2, 0.25) is 0 Å². The molecule has 0 amide bonds. The first-order valence-corrected chi connectivity index (χ1v) is 23.8. The van der Waals surface area contributed by atoms with E-state index in [-0.39, 0.29) is 0 Å². The third-order valence-electron chi connectivity index (χ3n) is 15.1. The van der Waals surface area contributed by atoms with Gasteiger partial charge in [0.1, 0.15) is 11.2 Å². The zero-order chi connectivity index (χ0) is 48.9. The maximum Gasteiger partial charge on any atom is 0.159 e. The zero-order valence-electron chi connectivity index (χ0n) is 38.6. The predicted molar refractivity (Wildman–Crippen MR) is 283 cm³/mol. The molecule has 2 aliphatic rings. The first-order valence-electron chi connectivity index (χ1n) is 23.8. The van der Waals surface area contributed by atoms with Crippen LogP contribution in [0.4, 0.5) is 34.6 Å². The first-order chi connectivity index (χ1) is 35.2. The number of fused-ring (bicyclic) bond motifs is 9. The maximum absolute atomic E-state index is 15.8. The van der Waals surface area contributed by atoms with E-state index < -0.39 is 34.1 Å². The Balaban J connectivity index is 1.11. The first kappa shape index (κ1) is 43.1. The van der Waals surface area contributed by atoms with E-state index in [0.717, 1.165) is 100 Å². The molecule has 0 spiro atoms. The number of hydrogen-bond acceptors (Lipinski definition) is 2. The van der Waals surface area contributed by atoms with Crippen LogP contribution in [0.1, 0.15) is 55.6 Å². The number of rotatable bonds is 9. The minimum Gasteiger partial charge on any atom is -0.456 e. The molecule has 2 unspecified atom stereocenters. The van der Waals surface area contributed by atoms with Crippen molar-refractivity contribution in [3.63, 3.8) is 0 Å². The van der Waals surface area contributed by atoms with Gasteiger partial charge in [-0.05, 0) is 145 Å². The van der Waals surface area contributed by atoms with Crippen molar-refractivity contribution >= 4 is 51.2 Å². The molecule has 10 aromatic carbocycles. The summed E-state index contributed by atoms with van der Waals surface area (Å²) in [5.41, 5.74) is 13.8. The lowest BCUT2D eigenvalue weighted by molar-refractivity contribution is 0.505. The minimum absolute atomic E-state index is 0.570. The molecule has 6 heteroatoms. The number of anilines is 3. The van der Waals surface area contributed by atoms with Gasteiger partial charge in [-0.15, -0.1) is 0 Å². The molecule has 344 valence electrons. The van der Waals surface area contributed by atoms with E-state index in [9.17, 15) is 0 Å². The summed E-state index contributed by atoms with van der Waals surface area (Å²) < 4.78 is 68.2. The van der Waals surface area contributed by atoms with E-state index in [1.54, 1.807) is 24.3 Å². The van der Waals surface area contributed by atoms with Gasteiger partial charge in [0.15, 0.2) is 23.3 Å². The third kappa shape index (κ3) is 6.15. The zero-order valence-corrected chi connectivity index (χ0v) is 38.6. The molecule has 0 bridgehead atoms.